The summed E-state index contributed by atoms with van der Waals surface area (Å²) in [6.07, 6.45) is 0.876. The molecule has 0 spiro atoms. The zero-order valence-electron chi connectivity index (χ0n) is 15.7. The monoisotopic (exact) mass is 457 g/mol. The number of amides is 1. The number of hydrogen-bond donors (Lipinski definition) is 0. The molecular formula is C21H16FN3O2S3. The number of thioether (sulfide) groups is 1. The van der Waals surface area contributed by atoms with Crippen molar-refractivity contribution in [3.63, 3.8) is 0 Å². The van der Waals surface area contributed by atoms with Gasteiger partial charge in [-0.05, 0) is 59.1 Å². The maximum Gasteiger partial charge on any atom is 0.277 e. The fourth-order valence-corrected chi connectivity index (χ4v) is 5.93. The highest BCUT2D eigenvalue weighted by Crippen LogP contribution is 2.40. The summed E-state index contributed by atoms with van der Waals surface area (Å²) < 4.78 is 18.7. The molecule has 1 aliphatic rings. The zero-order valence-corrected chi connectivity index (χ0v) is 18.1. The molecule has 1 amide bonds. The molecule has 1 aliphatic heterocycles. The third-order valence-electron chi connectivity index (χ3n) is 4.92. The maximum absolute atomic E-state index is 13.1. The van der Waals surface area contributed by atoms with E-state index >= 15 is 0 Å². The van der Waals surface area contributed by atoms with Crippen molar-refractivity contribution in [2.75, 3.05) is 12.3 Å². The molecule has 30 heavy (non-hydrogen) atoms. The Morgan fingerprint density at radius 3 is 2.83 bits per heavy atom. The molecule has 1 aromatic carbocycles. The van der Waals surface area contributed by atoms with Crippen molar-refractivity contribution in [1.82, 2.24) is 15.1 Å². The number of halogens is 1. The van der Waals surface area contributed by atoms with Crippen LogP contribution in [0.5, 0.6) is 0 Å². The van der Waals surface area contributed by atoms with Gasteiger partial charge >= 0.3 is 0 Å². The summed E-state index contributed by atoms with van der Waals surface area (Å²) in [5.41, 5.74) is 1.87. The van der Waals surface area contributed by atoms with Crippen LogP contribution in [0.2, 0.25) is 0 Å². The first kappa shape index (κ1) is 19.5. The van der Waals surface area contributed by atoms with E-state index in [4.69, 9.17) is 4.42 Å². The topological polar surface area (TPSA) is 59.2 Å². The lowest BCUT2D eigenvalue weighted by molar-refractivity contribution is -0.130. The number of carbonyl (C=O) groups is 1. The van der Waals surface area contributed by atoms with Crippen molar-refractivity contribution in [2.24, 2.45) is 0 Å². The van der Waals surface area contributed by atoms with E-state index in [1.165, 1.54) is 39.2 Å². The Kier molecular flexibility index (Phi) is 5.41. The molecule has 9 heteroatoms. The van der Waals surface area contributed by atoms with Crippen LogP contribution in [0.1, 0.15) is 21.4 Å². The molecule has 0 saturated carbocycles. The van der Waals surface area contributed by atoms with E-state index in [0.717, 1.165) is 6.42 Å². The lowest BCUT2D eigenvalue weighted by Crippen LogP contribution is -2.40. The maximum atomic E-state index is 13.1. The molecule has 4 heterocycles. The van der Waals surface area contributed by atoms with Crippen molar-refractivity contribution in [1.29, 1.82) is 0 Å². The number of aromatic nitrogens is 2. The predicted octanol–water partition coefficient (Wildman–Crippen LogP) is 5.27. The van der Waals surface area contributed by atoms with E-state index in [2.05, 4.69) is 27.7 Å². The molecule has 5 nitrogen and oxygen atoms in total. The fourth-order valence-electron chi connectivity index (χ4n) is 3.52. The molecule has 0 saturated heterocycles. The Balaban J connectivity index is 1.30. The highest BCUT2D eigenvalue weighted by molar-refractivity contribution is 7.99. The smallest absolute Gasteiger partial charge is 0.277 e. The summed E-state index contributed by atoms with van der Waals surface area (Å²) in [4.78, 5) is 17.6. The van der Waals surface area contributed by atoms with E-state index in [1.54, 1.807) is 34.8 Å². The van der Waals surface area contributed by atoms with Gasteiger partial charge in [-0.15, -0.1) is 32.9 Å². The summed E-state index contributed by atoms with van der Waals surface area (Å²) in [6, 6.07) is 12.1. The van der Waals surface area contributed by atoms with E-state index in [-0.39, 0.29) is 23.5 Å². The Morgan fingerprint density at radius 2 is 2.03 bits per heavy atom. The second-order valence-electron chi connectivity index (χ2n) is 6.72. The lowest BCUT2D eigenvalue weighted by Gasteiger charge is -2.35. The van der Waals surface area contributed by atoms with Crippen LogP contribution in [0.15, 0.2) is 62.9 Å². The standard InChI is InChI=1S/C21H16FN3O2S3/c22-14-5-3-13(4-6-14)20-23-24-21(27-20)30-12-18(26)25-9-7-16-15(8-11-29-16)19(25)17-2-1-10-28-17/h1-6,8,10-11,19H,7,9,12H2. The molecule has 0 N–H and O–H groups in total. The van der Waals surface area contributed by atoms with Gasteiger partial charge in [-0.3, -0.25) is 4.79 Å². The number of fused-ring (bicyclic) bond motifs is 1. The molecule has 0 radical (unpaired) electrons. The van der Waals surface area contributed by atoms with Gasteiger partial charge in [0.25, 0.3) is 5.22 Å². The van der Waals surface area contributed by atoms with E-state index < -0.39 is 0 Å². The highest BCUT2D eigenvalue weighted by Gasteiger charge is 2.33. The minimum absolute atomic E-state index is 0.0365. The minimum atomic E-state index is -0.325. The highest BCUT2D eigenvalue weighted by atomic mass is 32.2. The summed E-state index contributed by atoms with van der Waals surface area (Å²) >= 11 is 4.65. The molecule has 1 atom stereocenters. The molecule has 4 aromatic rings. The molecule has 0 aliphatic carbocycles. The largest absolute Gasteiger partial charge is 0.411 e. The Bertz CT molecular complexity index is 1150. The fraction of sp³-hybridized carbons (Fsp3) is 0.190. The molecule has 0 bridgehead atoms. The Morgan fingerprint density at radius 1 is 1.17 bits per heavy atom. The molecular weight excluding hydrogens is 441 g/mol. The third kappa shape index (κ3) is 3.80. The first-order valence-corrected chi connectivity index (χ1v) is 12.0. The van der Waals surface area contributed by atoms with Crippen LogP contribution in [0, 0.1) is 5.82 Å². The van der Waals surface area contributed by atoms with Crippen LogP contribution in [0.4, 0.5) is 4.39 Å². The molecule has 1 unspecified atom stereocenters. The lowest BCUT2D eigenvalue weighted by atomic mass is 9.98. The van der Waals surface area contributed by atoms with Crippen LogP contribution in [-0.2, 0) is 11.2 Å². The summed E-state index contributed by atoms with van der Waals surface area (Å²) in [7, 11) is 0. The average molecular weight is 458 g/mol. The van der Waals surface area contributed by atoms with Crippen molar-refractivity contribution < 1.29 is 13.6 Å². The molecule has 0 fully saturated rings. The molecule has 3 aromatic heterocycles. The summed E-state index contributed by atoms with van der Waals surface area (Å²) in [5, 5.41) is 12.5. The number of nitrogens with zero attached hydrogens (tertiary/aromatic N) is 3. The van der Waals surface area contributed by atoms with Gasteiger partial charge in [-0.1, -0.05) is 17.8 Å². The first-order chi connectivity index (χ1) is 14.7. The average Bonchev–Trinajstić information content (AvgIpc) is 3.53. The van der Waals surface area contributed by atoms with Gasteiger partial charge in [-0.2, -0.15) is 0 Å². The number of carbonyl (C=O) groups excluding carboxylic acids is 1. The van der Waals surface area contributed by atoms with Crippen LogP contribution in [0.3, 0.4) is 0 Å². The Hall–Kier alpha value is -2.49. The second kappa shape index (κ2) is 8.33. The predicted molar refractivity (Wildman–Crippen MR) is 116 cm³/mol. The molecule has 5 rings (SSSR count). The van der Waals surface area contributed by atoms with Crippen molar-refractivity contribution in [3.05, 3.63) is 74.4 Å². The SMILES string of the molecule is O=C(CSc1nnc(-c2ccc(F)cc2)o1)N1CCc2sccc2C1c1cccs1. The van der Waals surface area contributed by atoms with Gasteiger partial charge in [0.1, 0.15) is 5.82 Å². The third-order valence-corrected chi connectivity index (χ3v) is 7.64. The normalized spacial score (nSPS) is 15.9. The van der Waals surface area contributed by atoms with Crippen LogP contribution >= 0.6 is 34.4 Å². The van der Waals surface area contributed by atoms with Crippen LogP contribution < -0.4 is 0 Å². The number of benzene rings is 1. The van der Waals surface area contributed by atoms with Gasteiger partial charge in [0.05, 0.1) is 11.8 Å². The number of thiophene rings is 2. The van der Waals surface area contributed by atoms with Crippen LogP contribution in [0.25, 0.3) is 11.5 Å². The van der Waals surface area contributed by atoms with E-state index in [0.29, 0.717) is 23.2 Å². The van der Waals surface area contributed by atoms with Crippen molar-refractivity contribution >= 4 is 40.3 Å². The van der Waals surface area contributed by atoms with E-state index in [9.17, 15) is 9.18 Å². The summed E-state index contributed by atoms with van der Waals surface area (Å²) in [6.45, 7) is 0.695. The molecule has 152 valence electrons. The quantitative estimate of drug-likeness (QED) is 0.382. The van der Waals surface area contributed by atoms with Gasteiger partial charge in [0.2, 0.25) is 11.8 Å². The van der Waals surface area contributed by atoms with Crippen LogP contribution in [-0.4, -0.2) is 33.3 Å². The van der Waals surface area contributed by atoms with E-state index in [1.807, 2.05) is 16.3 Å². The van der Waals surface area contributed by atoms with Crippen molar-refractivity contribution in [3.8, 4) is 11.5 Å². The zero-order chi connectivity index (χ0) is 20.5. The number of hydrogen-bond acceptors (Lipinski definition) is 7. The van der Waals surface area contributed by atoms with Gasteiger partial charge in [0.15, 0.2) is 0 Å². The van der Waals surface area contributed by atoms with Gasteiger partial charge < -0.3 is 9.32 Å². The summed E-state index contributed by atoms with van der Waals surface area (Å²) in [5.74, 6) is 0.236. The van der Waals surface area contributed by atoms with Crippen molar-refractivity contribution in [2.45, 2.75) is 17.7 Å². The minimum Gasteiger partial charge on any atom is -0.411 e. The number of rotatable bonds is 5. The Labute approximate surface area is 184 Å². The van der Waals surface area contributed by atoms with Gasteiger partial charge in [0, 0.05) is 21.9 Å². The second-order valence-corrected chi connectivity index (χ2v) is 9.63. The first-order valence-electron chi connectivity index (χ1n) is 9.30. The van der Waals surface area contributed by atoms with Gasteiger partial charge in [-0.25, -0.2) is 4.39 Å².